The van der Waals surface area contributed by atoms with Crippen molar-refractivity contribution in [2.45, 2.75) is 0 Å². The van der Waals surface area contributed by atoms with Gasteiger partial charge in [0, 0.05) is 11.3 Å². The molecule has 0 saturated carbocycles. The molecule has 0 bridgehead atoms. The number of phenolic OH excluding ortho intramolecular Hbond substituents is 2. The van der Waals surface area contributed by atoms with Crippen LogP contribution in [0.5, 0.6) is 11.5 Å². The van der Waals surface area contributed by atoms with Crippen LogP contribution in [0.4, 0.5) is 5.69 Å². The fraction of sp³-hybridized carbons (Fsp3) is 0. The molecule has 0 unspecified atom stereocenters. The molecule has 76 valence electrons. The van der Waals surface area contributed by atoms with Crippen molar-refractivity contribution in [3.8, 4) is 22.6 Å². The number of nitrogen functional groups attached to an aromatic ring is 1. The molecule has 2 rings (SSSR count). The van der Waals surface area contributed by atoms with Crippen LogP contribution < -0.4 is 5.73 Å². The molecule has 0 heterocycles. The molecular formula is C12H11NO2. The zero-order chi connectivity index (χ0) is 10.8. The maximum atomic E-state index is 9.36. The third-order valence-electron chi connectivity index (χ3n) is 2.25. The maximum Gasteiger partial charge on any atom is 0.158 e. The summed E-state index contributed by atoms with van der Waals surface area (Å²) in [6.07, 6.45) is 0. The Labute approximate surface area is 87.4 Å². The number of para-hydroxylation sites is 1. The van der Waals surface area contributed by atoms with Crippen LogP contribution >= 0.6 is 0 Å². The first kappa shape index (κ1) is 9.40. The number of anilines is 1. The molecular weight excluding hydrogens is 190 g/mol. The molecule has 0 aliphatic carbocycles. The summed E-state index contributed by atoms with van der Waals surface area (Å²) in [5.74, 6) is -0.274. The van der Waals surface area contributed by atoms with Gasteiger partial charge in [0.15, 0.2) is 11.5 Å². The van der Waals surface area contributed by atoms with Gasteiger partial charge in [0.2, 0.25) is 0 Å². The average Bonchev–Trinajstić information content (AvgIpc) is 2.23. The maximum absolute atomic E-state index is 9.36. The van der Waals surface area contributed by atoms with E-state index in [1.165, 1.54) is 12.1 Å². The lowest BCUT2D eigenvalue weighted by atomic mass is 10.0. The van der Waals surface area contributed by atoms with E-state index >= 15 is 0 Å². The first-order valence-electron chi connectivity index (χ1n) is 4.55. The van der Waals surface area contributed by atoms with Crippen LogP contribution in [-0.2, 0) is 0 Å². The Morgan fingerprint density at radius 1 is 0.867 bits per heavy atom. The predicted molar refractivity (Wildman–Crippen MR) is 59.6 cm³/mol. The highest BCUT2D eigenvalue weighted by atomic mass is 16.3. The molecule has 0 aliphatic rings. The van der Waals surface area contributed by atoms with E-state index in [0.29, 0.717) is 5.69 Å². The van der Waals surface area contributed by atoms with Gasteiger partial charge in [-0.1, -0.05) is 24.3 Å². The van der Waals surface area contributed by atoms with E-state index < -0.39 is 0 Å². The van der Waals surface area contributed by atoms with Crippen molar-refractivity contribution in [2.24, 2.45) is 0 Å². The van der Waals surface area contributed by atoms with Gasteiger partial charge in [-0.2, -0.15) is 0 Å². The van der Waals surface area contributed by atoms with Crippen molar-refractivity contribution in [3.63, 3.8) is 0 Å². The monoisotopic (exact) mass is 201 g/mol. The van der Waals surface area contributed by atoms with Crippen LogP contribution in [0.15, 0.2) is 42.5 Å². The van der Waals surface area contributed by atoms with Crippen molar-refractivity contribution >= 4 is 5.69 Å². The van der Waals surface area contributed by atoms with E-state index in [-0.39, 0.29) is 11.5 Å². The Bertz CT molecular complexity index is 495. The number of nitrogens with two attached hydrogens (primary N) is 1. The lowest BCUT2D eigenvalue weighted by molar-refractivity contribution is 0.404. The summed E-state index contributed by atoms with van der Waals surface area (Å²) in [4.78, 5) is 0. The summed E-state index contributed by atoms with van der Waals surface area (Å²) in [6, 6.07) is 12.0. The minimum atomic E-state index is -0.143. The fourth-order valence-corrected chi connectivity index (χ4v) is 1.45. The summed E-state index contributed by atoms with van der Waals surface area (Å²) in [5.41, 5.74) is 8.06. The number of aromatic hydroxyl groups is 2. The van der Waals surface area contributed by atoms with Crippen molar-refractivity contribution in [1.29, 1.82) is 0 Å². The molecule has 0 aromatic heterocycles. The number of rotatable bonds is 1. The van der Waals surface area contributed by atoms with Gasteiger partial charge < -0.3 is 15.9 Å². The lowest BCUT2D eigenvalue weighted by Crippen LogP contribution is -1.88. The summed E-state index contributed by atoms with van der Waals surface area (Å²) in [6.45, 7) is 0. The number of hydrogen-bond acceptors (Lipinski definition) is 3. The molecule has 0 atom stereocenters. The number of phenols is 2. The Morgan fingerprint density at radius 3 is 2.27 bits per heavy atom. The number of benzene rings is 2. The van der Waals surface area contributed by atoms with Gasteiger partial charge in [0.1, 0.15) is 0 Å². The first-order valence-corrected chi connectivity index (χ1v) is 4.55. The minimum absolute atomic E-state index is 0.131. The molecule has 4 N–H and O–H groups in total. The van der Waals surface area contributed by atoms with E-state index in [1.807, 2.05) is 18.2 Å². The molecule has 0 radical (unpaired) electrons. The quantitative estimate of drug-likeness (QED) is 0.490. The summed E-state index contributed by atoms with van der Waals surface area (Å²) in [7, 11) is 0. The third kappa shape index (κ3) is 1.72. The van der Waals surface area contributed by atoms with E-state index in [0.717, 1.165) is 11.1 Å². The Kier molecular flexibility index (Phi) is 2.21. The summed E-state index contributed by atoms with van der Waals surface area (Å²) >= 11 is 0. The molecule has 3 nitrogen and oxygen atoms in total. The topological polar surface area (TPSA) is 66.5 Å². The molecule has 0 fully saturated rings. The second kappa shape index (κ2) is 3.53. The van der Waals surface area contributed by atoms with Gasteiger partial charge in [0.05, 0.1) is 0 Å². The SMILES string of the molecule is Nc1ccccc1-c1ccc(O)c(O)c1. The van der Waals surface area contributed by atoms with Crippen molar-refractivity contribution in [3.05, 3.63) is 42.5 Å². The average molecular weight is 201 g/mol. The molecule has 15 heavy (non-hydrogen) atoms. The molecule has 0 amide bonds. The van der Waals surface area contributed by atoms with Gasteiger partial charge in [0.25, 0.3) is 0 Å². The summed E-state index contributed by atoms with van der Waals surface area (Å²) < 4.78 is 0. The van der Waals surface area contributed by atoms with E-state index in [2.05, 4.69) is 0 Å². The standard InChI is InChI=1S/C12H11NO2/c13-10-4-2-1-3-9(10)8-5-6-11(14)12(15)7-8/h1-7,14-15H,13H2. The van der Waals surface area contributed by atoms with Crippen LogP contribution in [0, 0.1) is 0 Å². The molecule has 3 heteroatoms. The van der Waals surface area contributed by atoms with Gasteiger partial charge >= 0.3 is 0 Å². The van der Waals surface area contributed by atoms with Crippen LogP contribution in [-0.4, -0.2) is 10.2 Å². The molecule has 2 aromatic carbocycles. The zero-order valence-corrected chi connectivity index (χ0v) is 8.01. The molecule has 0 spiro atoms. The Morgan fingerprint density at radius 2 is 1.60 bits per heavy atom. The second-order valence-electron chi connectivity index (χ2n) is 3.29. The van der Waals surface area contributed by atoms with Gasteiger partial charge in [-0.05, 0) is 23.8 Å². The normalized spacial score (nSPS) is 10.1. The van der Waals surface area contributed by atoms with Crippen molar-refractivity contribution in [2.75, 3.05) is 5.73 Å². The van der Waals surface area contributed by atoms with Gasteiger partial charge in [-0.3, -0.25) is 0 Å². The molecule has 0 saturated heterocycles. The molecule has 2 aromatic rings. The van der Waals surface area contributed by atoms with Gasteiger partial charge in [-0.15, -0.1) is 0 Å². The van der Waals surface area contributed by atoms with Crippen molar-refractivity contribution < 1.29 is 10.2 Å². The second-order valence-corrected chi connectivity index (χ2v) is 3.29. The summed E-state index contributed by atoms with van der Waals surface area (Å²) in [5, 5.41) is 18.5. The highest BCUT2D eigenvalue weighted by molar-refractivity contribution is 5.77. The largest absolute Gasteiger partial charge is 0.504 e. The smallest absolute Gasteiger partial charge is 0.158 e. The number of hydrogen-bond donors (Lipinski definition) is 3. The Hall–Kier alpha value is -2.16. The van der Waals surface area contributed by atoms with Crippen LogP contribution in [0.25, 0.3) is 11.1 Å². The van der Waals surface area contributed by atoms with Gasteiger partial charge in [-0.25, -0.2) is 0 Å². The highest BCUT2D eigenvalue weighted by Crippen LogP contribution is 2.32. The Balaban J connectivity index is 2.55. The highest BCUT2D eigenvalue weighted by Gasteiger charge is 2.04. The van der Waals surface area contributed by atoms with Crippen molar-refractivity contribution in [1.82, 2.24) is 0 Å². The predicted octanol–water partition coefficient (Wildman–Crippen LogP) is 2.35. The first-order chi connectivity index (χ1) is 7.18. The fourth-order valence-electron chi connectivity index (χ4n) is 1.45. The minimum Gasteiger partial charge on any atom is -0.504 e. The van der Waals surface area contributed by atoms with E-state index in [4.69, 9.17) is 5.73 Å². The van der Waals surface area contributed by atoms with Crippen LogP contribution in [0.1, 0.15) is 0 Å². The zero-order valence-electron chi connectivity index (χ0n) is 8.01. The van der Waals surface area contributed by atoms with Crippen LogP contribution in [0.2, 0.25) is 0 Å². The third-order valence-corrected chi connectivity index (χ3v) is 2.25. The lowest BCUT2D eigenvalue weighted by Gasteiger charge is -2.06. The van der Waals surface area contributed by atoms with E-state index in [1.54, 1.807) is 12.1 Å². The van der Waals surface area contributed by atoms with Crippen LogP contribution in [0.3, 0.4) is 0 Å². The molecule has 0 aliphatic heterocycles. The van der Waals surface area contributed by atoms with E-state index in [9.17, 15) is 10.2 Å².